The molecular formula is C15H17N3O. The fourth-order valence-electron chi connectivity index (χ4n) is 2.01. The minimum absolute atomic E-state index is 0.597. The number of aryl methyl sites for hydroxylation is 1. The predicted octanol–water partition coefficient (Wildman–Crippen LogP) is 3.00. The fraction of sp³-hybridized carbons (Fsp3) is 0.267. The molecular weight excluding hydrogens is 238 g/mol. The zero-order valence-electron chi connectivity index (χ0n) is 11.2. The topological polar surface area (TPSA) is 50.0 Å². The third-order valence-electron chi connectivity index (χ3n) is 3.05. The van der Waals surface area contributed by atoms with E-state index >= 15 is 0 Å². The van der Waals surface area contributed by atoms with E-state index in [-0.39, 0.29) is 0 Å². The monoisotopic (exact) mass is 255 g/mol. The lowest BCUT2D eigenvalue weighted by Gasteiger charge is -2.12. The van der Waals surface area contributed by atoms with Gasteiger partial charge in [0.25, 0.3) is 0 Å². The quantitative estimate of drug-likeness (QED) is 0.893. The molecule has 4 nitrogen and oxygen atoms in total. The van der Waals surface area contributed by atoms with Gasteiger partial charge in [-0.2, -0.15) is 5.26 Å². The number of nitrogens with one attached hydrogen (secondary N) is 1. The maximum atomic E-state index is 8.87. The highest BCUT2D eigenvalue weighted by atomic mass is 16.5. The number of nitrogens with zero attached hydrogens (tertiary/aromatic N) is 2. The Bertz CT molecular complexity index is 596. The molecule has 0 aliphatic carbocycles. The second-order valence-corrected chi connectivity index (χ2v) is 4.17. The lowest BCUT2D eigenvalue weighted by molar-refractivity contribution is 0.416. The Kier molecular flexibility index (Phi) is 4.09. The van der Waals surface area contributed by atoms with Crippen molar-refractivity contribution < 1.29 is 4.74 Å². The van der Waals surface area contributed by atoms with E-state index in [2.05, 4.69) is 35.1 Å². The third-order valence-corrected chi connectivity index (χ3v) is 3.05. The first-order valence-electron chi connectivity index (χ1n) is 6.24. The summed E-state index contributed by atoms with van der Waals surface area (Å²) in [5, 5.41) is 12.2. The van der Waals surface area contributed by atoms with Crippen LogP contribution in [0.2, 0.25) is 0 Å². The lowest BCUT2D eigenvalue weighted by atomic mass is 10.2. The van der Waals surface area contributed by atoms with Gasteiger partial charge in [0.15, 0.2) is 0 Å². The standard InChI is InChI=1S/C15H17N3O/c1-3-18-8-4-5-13(18)11-17-14-7-6-12(10-16)9-15(14)19-2/h4-9,17H,3,11H2,1-2H3. The van der Waals surface area contributed by atoms with Crippen LogP contribution in [0, 0.1) is 11.3 Å². The summed E-state index contributed by atoms with van der Waals surface area (Å²) in [6.45, 7) is 3.80. The molecule has 0 bridgehead atoms. The molecule has 0 unspecified atom stereocenters. The summed E-state index contributed by atoms with van der Waals surface area (Å²) in [6.07, 6.45) is 2.06. The third kappa shape index (κ3) is 2.89. The van der Waals surface area contributed by atoms with Gasteiger partial charge < -0.3 is 14.6 Å². The fourth-order valence-corrected chi connectivity index (χ4v) is 2.01. The van der Waals surface area contributed by atoms with Crippen molar-refractivity contribution in [3.63, 3.8) is 0 Å². The van der Waals surface area contributed by atoms with Crippen LogP contribution in [-0.2, 0) is 13.1 Å². The van der Waals surface area contributed by atoms with Gasteiger partial charge in [-0.15, -0.1) is 0 Å². The molecule has 1 aromatic heterocycles. The van der Waals surface area contributed by atoms with Crippen LogP contribution >= 0.6 is 0 Å². The number of aromatic nitrogens is 1. The van der Waals surface area contributed by atoms with Gasteiger partial charge in [0.1, 0.15) is 5.75 Å². The van der Waals surface area contributed by atoms with E-state index in [1.54, 1.807) is 19.2 Å². The predicted molar refractivity (Wildman–Crippen MR) is 75.1 cm³/mol. The van der Waals surface area contributed by atoms with E-state index in [1.165, 1.54) is 5.69 Å². The van der Waals surface area contributed by atoms with Gasteiger partial charge in [-0.25, -0.2) is 0 Å². The zero-order valence-corrected chi connectivity index (χ0v) is 11.2. The van der Waals surface area contributed by atoms with Crippen molar-refractivity contribution in [3.05, 3.63) is 47.8 Å². The summed E-state index contributed by atoms with van der Waals surface area (Å²) in [6, 6.07) is 11.6. The molecule has 1 aromatic carbocycles. The summed E-state index contributed by atoms with van der Waals surface area (Å²) in [7, 11) is 1.61. The van der Waals surface area contributed by atoms with E-state index < -0.39 is 0 Å². The van der Waals surface area contributed by atoms with Gasteiger partial charge in [-0.05, 0) is 31.2 Å². The SMILES string of the molecule is CCn1cccc1CNc1ccc(C#N)cc1OC. The van der Waals surface area contributed by atoms with Crippen LogP contribution in [0.15, 0.2) is 36.5 Å². The van der Waals surface area contributed by atoms with Gasteiger partial charge in [0, 0.05) is 24.5 Å². The van der Waals surface area contributed by atoms with Crippen LogP contribution in [0.5, 0.6) is 5.75 Å². The van der Waals surface area contributed by atoms with Gasteiger partial charge >= 0.3 is 0 Å². The molecule has 19 heavy (non-hydrogen) atoms. The van der Waals surface area contributed by atoms with Gasteiger partial charge in [0.2, 0.25) is 0 Å². The summed E-state index contributed by atoms with van der Waals surface area (Å²) in [5.41, 5.74) is 2.71. The van der Waals surface area contributed by atoms with Crippen LogP contribution in [0.3, 0.4) is 0 Å². The van der Waals surface area contributed by atoms with E-state index in [1.807, 2.05) is 12.1 Å². The van der Waals surface area contributed by atoms with Crippen molar-refractivity contribution in [2.24, 2.45) is 0 Å². The Morgan fingerprint density at radius 2 is 2.21 bits per heavy atom. The number of anilines is 1. The average Bonchev–Trinajstić information content (AvgIpc) is 2.92. The van der Waals surface area contributed by atoms with Gasteiger partial charge in [0.05, 0.1) is 31.0 Å². The number of ether oxygens (including phenoxy) is 1. The molecule has 98 valence electrons. The van der Waals surface area contributed by atoms with E-state index in [9.17, 15) is 0 Å². The normalized spacial score (nSPS) is 9.95. The van der Waals surface area contributed by atoms with Crippen LogP contribution in [0.25, 0.3) is 0 Å². The van der Waals surface area contributed by atoms with Crippen molar-refractivity contribution in [2.45, 2.75) is 20.0 Å². The molecule has 4 heteroatoms. The van der Waals surface area contributed by atoms with E-state index in [0.29, 0.717) is 11.3 Å². The van der Waals surface area contributed by atoms with Crippen molar-refractivity contribution in [1.82, 2.24) is 4.57 Å². The molecule has 0 saturated heterocycles. The Morgan fingerprint density at radius 3 is 2.89 bits per heavy atom. The number of benzene rings is 1. The Labute approximate surface area is 113 Å². The molecule has 1 heterocycles. The molecule has 0 amide bonds. The lowest BCUT2D eigenvalue weighted by Crippen LogP contribution is -2.06. The average molecular weight is 255 g/mol. The second-order valence-electron chi connectivity index (χ2n) is 4.17. The zero-order chi connectivity index (χ0) is 13.7. The summed E-state index contributed by atoms with van der Waals surface area (Å²) >= 11 is 0. The minimum Gasteiger partial charge on any atom is -0.495 e. The number of hydrogen-bond acceptors (Lipinski definition) is 3. The molecule has 0 fully saturated rings. The number of methoxy groups -OCH3 is 1. The summed E-state index contributed by atoms with van der Waals surface area (Å²) < 4.78 is 7.48. The second kappa shape index (κ2) is 5.96. The highest BCUT2D eigenvalue weighted by Gasteiger charge is 2.05. The van der Waals surface area contributed by atoms with Crippen molar-refractivity contribution >= 4 is 5.69 Å². The first-order valence-corrected chi connectivity index (χ1v) is 6.24. The Hall–Kier alpha value is -2.41. The number of nitriles is 1. The summed E-state index contributed by atoms with van der Waals surface area (Å²) in [5.74, 6) is 0.689. The highest BCUT2D eigenvalue weighted by Crippen LogP contribution is 2.25. The first-order chi connectivity index (χ1) is 9.28. The number of hydrogen-bond donors (Lipinski definition) is 1. The molecule has 0 radical (unpaired) electrons. The molecule has 0 atom stereocenters. The van der Waals surface area contributed by atoms with Crippen LogP contribution in [-0.4, -0.2) is 11.7 Å². The van der Waals surface area contributed by atoms with Gasteiger partial charge in [-0.3, -0.25) is 0 Å². The van der Waals surface area contributed by atoms with Crippen molar-refractivity contribution in [3.8, 4) is 11.8 Å². The molecule has 2 aromatic rings. The van der Waals surface area contributed by atoms with E-state index in [4.69, 9.17) is 10.00 Å². The molecule has 0 spiro atoms. The summed E-state index contributed by atoms with van der Waals surface area (Å²) in [4.78, 5) is 0. The maximum absolute atomic E-state index is 8.87. The Balaban J connectivity index is 2.13. The Morgan fingerprint density at radius 1 is 1.37 bits per heavy atom. The number of rotatable bonds is 5. The molecule has 0 aliphatic heterocycles. The van der Waals surface area contributed by atoms with Crippen molar-refractivity contribution in [2.75, 3.05) is 12.4 Å². The van der Waals surface area contributed by atoms with Crippen LogP contribution in [0.1, 0.15) is 18.2 Å². The maximum Gasteiger partial charge on any atom is 0.143 e. The van der Waals surface area contributed by atoms with Crippen LogP contribution in [0.4, 0.5) is 5.69 Å². The highest BCUT2D eigenvalue weighted by molar-refractivity contribution is 5.59. The van der Waals surface area contributed by atoms with Crippen molar-refractivity contribution in [1.29, 1.82) is 5.26 Å². The molecule has 0 saturated carbocycles. The molecule has 2 rings (SSSR count). The largest absolute Gasteiger partial charge is 0.495 e. The molecule has 1 N–H and O–H groups in total. The van der Waals surface area contributed by atoms with E-state index in [0.717, 1.165) is 18.8 Å². The first kappa shape index (κ1) is 13.0. The minimum atomic E-state index is 0.597. The smallest absolute Gasteiger partial charge is 0.143 e. The molecule has 0 aliphatic rings. The van der Waals surface area contributed by atoms with Gasteiger partial charge in [-0.1, -0.05) is 0 Å². The van der Waals surface area contributed by atoms with Crippen LogP contribution < -0.4 is 10.1 Å².